The fraction of sp³-hybridized carbons (Fsp3) is 0.367. The van der Waals surface area contributed by atoms with Crippen LogP contribution in [0.5, 0.6) is 0 Å². The Bertz CT molecular complexity index is 1290. The maximum Gasteiger partial charge on any atom is 0.253 e. The molecule has 2 N–H and O–H groups in total. The van der Waals surface area contributed by atoms with Crippen molar-refractivity contribution < 1.29 is 14.0 Å². The van der Waals surface area contributed by atoms with Gasteiger partial charge in [0.1, 0.15) is 5.41 Å². The molecule has 0 saturated carbocycles. The van der Waals surface area contributed by atoms with Crippen molar-refractivity contribution in [1.29, 1.82) is 0 Å². The lowest BCUT2D eigenvalue weighted by Crippen LogP contribution is -2.46. The smallest absolute Gasteiger partial charge is 0.253 e. The van der Waals surface area contributed by atoms with Crippen molar-refractivity contribution in [1.82, 2.24) is 20.5 Å². The first-order valence-electron chi connectivity index (χ1n) is 13.5. The van der Waals surface area contributed by atoms with E-state index in [1.807, 2.05) is 36.4 Å². The largest absolute Gasteiger partial charge is 0.351 e. The van der Waals surface area contributed by atoms with Gasteiger partial charge in [-0.05, 0) is 60.2 Å². The zero-order chi connectivity index (χ0) is 27.5. The van der Waals surface area contributed by atoms with Gasteiger partial charge >= 0.3 is 0 Å². The lowest BCUT2D eigenvalue weighted by molar-refractivity contribution is -0.125. The van der Waals surface area contributed by atoms with Gasteiger partial charge in [0, 0.05) is 31.5 Å². The number of halogens is 1. The van der Waals surface area contributed by atoms with Gasteiger partial charge in [-0.25, -0.2) is 4.39 Å². The van der Waals surface area contributed by atoms with Gasteiger partial charge in [-0.1, -0.05) is 73.4 Å². The van der Waals surface area contributed by atoms with Crippen molar-refractivity contribution in [2.45, 2.75) is 42.3 Å². The van der Waals surface area contributed by atoms with Crippen molar-refractivity contribution in [2.75, 3.05) is 26.2 Å². The molecule has 3 unspecified atom stereocenters. The highest BCUT2D eigenvalue weighted by Gasteiger charge is 2.48. The molecule has 2 aliphatic rings. The second-order valence-corrected chi connectivity index (χ2v) is 13.2. The molecule has 204 valence electrons. The van der Waals surface area contributed by atoms with E-state index in [9.17, 15) is 14.0 Å². The lowest BCUT2D eigenvalue weighted by atomic mass is 9.73. The third kappa shape index (κ3) is 6.06. The van der Waals surface area contributed by atoms with Crippen LogP contribution < -0.4 is 10.6 Å². The number of fused-ring (bicyclic) bond motifs is 3. The van der Waals surface area contributed by atoms with E-state index in [1.165, 1.54) is 0 Å². The minimum atomic E-state index is -1.66. The van der Waals surface area contributed by atoms with Gasteiger partial charge in [-0.2, -0.15) is 0 Å². The number of benzene rings is 2. The van der Waals surface area contributed by atoms with Crippen molar-refractivity contribution in [2.24, 2.45) is 0 Å². The molecule has 3 atom stereocenters. The average molecular weight is 565 g/mol. The third-order valence-corrected chi connectivity index (χ3v) is 8.19. The van der Waals surface area contributed by atoms with Crippen molar-refractivity contribution in [3.63, 3.8) is 0 Å². The Morgan fingerprint density at radius 3 is 2.36 bits per heavy atom. The molecule has 1 saturated heterocycles. The summed E-state index contributed by atoms with van der Waals surface area (Å²) >= 11 is 0. The maximum absolute atomic E-state index is 14.3. The van der Waals surface area contributed by atoms with Crippen LogP contribution in [0.2, 0.25) is 0 Å². The Morgan fingerprint density at radius 1 is 1.03 bits per heavy atom. The first-order chi connectivity index (χ1) is 18.8. The molecule has 5 rings (SSSR count). The van der Waals surface area contributed by atoms with Crippen molar-refractivity contribution >= 4 is 30.3 Å². The summed E-state index contributed by atoms with van der Waals surface area (Å²) in [4.78, 5) is 32.8. The molecule has 9 heteroatoms. The Balaban J connectivity index is 1.25. The predicted molar refractivity (Wildman–Crippen MR) is 159 cm³/mol. The number of hydrogen-bond acceptors (Lipinski definition) is 4. The van der Waals surface area contributed by atoms with E-state index in [0.29, 0.717) is 12.0 Å². The zero-order valence-electron chi connectivity index (χ0n) is 21.9. The van der Waals surface area contributed by atoms with Gasteiger partial charge in [0.15, 0.2) is 5.15 Å². The number of likely N-dealkylation sites (tertiary alicyclic amines) is 1. The van der Waals surface area contributed by atoms with Crippen LogP contribution in [0.3, 0.4) is 0 Å². The molecule has 0 radical (unpaired) electrons. The molecule has 1 aliphatic heterocycles. The highest BCUT2D eigenvalue weighted by Crippen LogP contribution is 2.51. The number of carbonyl (C=O) groups is 2. The quantitative estimate of drug-likeness (QED) is 0.281. The number of amides is 2. The molecular formula is C30H35FN4O2P2. The van der Waals surface area contributed by atoms with Crippen molar-refractivity contribution in [3.05, 3.63) is 89.7 Å². The molecule has 0 bridgehead atoms. The summed E-state index contributed by atoms with van der Waals surface area (Å²) in [5, 5.41) is 4.36. The molecule has 2 amide bonds. The molecule has 2 heterocycles. The van der Waals surface area contributed by atoms with Crippen LogP contribution in [0, 0.1) is 0 Å². The summed E-state index contributed by atoms with van der Waals surface area (Å²) < 4.78 is 14.3. The van der Waals surface area contributed by atoms with E-state index in [2.05, 4.69) is 51.1 Å². The standard InChI is InChI=1S/C30H35FN4O2P2/c31-30(38,39)20-33-28(37)29(25-11-3-1-9-23(25)24-10-2-4-12-26(24)29)14-5-6-16-35-17-13-22(19-35)34-27(36)21-8-7-15-32-18-21/h1-4,7-12,15,18,22H,5-6,13-14,16-17,19-20,38-39H2,(H,33,37)(H,34,36). The number of unbranched alkanes of at least 4 members (excludes halogenated alkanes) is 1. The summed E-state index contributed by atoms with van der Waals surface area (Å²) in [7, 11) is 4.26. The van der Waals surface area contributed by atoms with Gasteiger partial charge in [-0.3, -0.25) is 14.6 Å². The molecule has 1 aliphatic carbocycles. The second kappa shape index (κ2) is 11.8. The van der Waals surface area contributed by atoms with Gasteiger partial charge in [0.25, 0.3) is 5.91 Å². The Kier molecular flexibility index (Phi) is 8.42. The number of pyridine rings is 1. The topological polar surface area (TPSA) is 74.3 Å². The van der Waals surface area contributed by atoms with E-state index >= 15 is 0 Å². The number of nitrogens with zero attached hydrogens (tertiary/aromatic N) is 2. The zero-order valence-corrected chi connectivity index (χ0v) is 24.2. The monoisotopic (exact) mass is 564 g/mol. The van der Waals surface area contributed by atoms with Gasteiger partial charge in [-0.15, -0.1) is 0 Å². The number of nitrogens with one attached hydrogen (secondary N) is 2. The van der Waals surface area contributed by atoms with Crippen LogP contribution in [-0.4, -0.2) is 59.1 Å². The minimum Gasteiger partial charge on any atom is -0.351 e. The number of alkyl halides is 1. The van der Waals surface area contributed by atoms with E-state index in [4.69, 9.17) is 0 Å². The maximum atomic E-state index is 14.3. The van der Waals surface area contributed by atoms with Crippen LogP contribution in [0.1, 0.15) is 47.2 Å². The lowest BCUT2D eigenvalue weighted by Gasteiger charge is -2.32. The molecule has 6 nitrogen and oxygen atoms in total. The molecule has 2 aromatic carbocycles. The van der Waals surface area contributed by atoms with E-state index in [0.717, 1.165) is 61.2 Å². The molecule has 39 heavy (non-hydrogen) atoms. The number of aromatic nitrogens is 1. The predicted octanol–water partition coefficient (Wildman–Crippen LogP) is 4.51. The molecular weight excluding hydrogens is 529 g/mol. The highest BCUT2D eigenvalue weighted by atomic mass is 31.1. The summed E-state index contributed by atoms with van der Waals surface area (Å²) in [5.74, 6) is -0.249. The Morgan fingerprint density at radius 2 is 1.72 bits per heavy atom. The number of carbonyl (C=O) groups excluding carboxylic acids is 2. The van der Waals surface area contributed by atoms with Crippen LogP contribution >= 0.6 is 18.5 Å². The van der Waals surface area contributed by atoms with Crippen LogP contribution in [0.15, 0.2) is 73.1 Å². The second-order valence-electron chi connectivity index (χ2n) is 10.6. The number of rotatable bonds is 10. The highest BCUT2D eigenvalue weighted by molar-refractivity contribution is 7.39. The Hall–Kier alpha value is -2.72. The summed E-state index contributed by atoms with van der Waals surface area (Å²) in [6.45, 7) is 2.53. The summed E-state index contributed by atoms with van der Waals surface area (Å²) in [6.07, 6.45) is 6.54. The van der Waals surface area contributed by atoms with E-state index in [1.54, 1.807) is 24.5 Å². The molecule has 3 aromatic rings. The minimum absolute atomic E-state index is 0.0882. The fourth-order valence-electron chi connectivity index (χ4n) is 5.96. The normalized spacial score (nSPS) is 17.9. The average Bonchev–Trinajstić information content (AvgIpc) is 3.50. The van der Waals surface area contributed by atoms with Gasteiger partial charge in [0.05, 0.1) is 12.1 Å². The van der Waals surface area contributed by atoms with Crippen molar-refractivity contribution in [3.8, 4) is 11.1 Å². The first kappa shape index (κ1) is 27.8. The molecule has 0 spiro atoms. The molecule has 1 aromatic heterocycles. The summed E-state index contributed by atoms with van der Waals surface area (Å²) in [5.41, 5.74) is 3.82. The van der Waals surface area contributed by atoms with Crippen LogP contribution in [-0.2, 0) is 10.2 Å². The van der Waals surface area contributed by atoms with Gasteiger partial charge < -0.3 is 15.5 Å². The Labute approximate surface area is 234 Å². The van der Waals surface area contributed by atoms with Gasteiger partial charge in [0.2, 0.25) is 5.91 Å². The molecule has 1 fully saturated rings. The van der Waals surface area contributed by atoms with Crippen LogP contribution in [0.4, 0.5) is 4.39 Å². The third-order valence-electron chi connectivity index (χ3n) is 7.78. The number of hydrogen-bond donors (Lipinski definition) is 2. The van der Waals surface area contributed by atoms with Crippen LogP contribution in [0.25, 0.3) is 11.1 Å². The fourth-order valence-corrected chi connectivity index (χ4v) is 6.17. The SMILES string of the molecule is O=C(NC1CCN(CCCCC2(C(=O)NCC(F)(P)P)c3ccccc3-c3ccccc32)C1)c1cccnc1. The first-order valence-corrected chi connectivity index (χ1v) is 14.6. The van der Waals surface area contributed by atoms with E-state index in [-0.39, 0.29) is 24.4 Å². The van der Waals surface area contributed by atoms with E-state index < -0.39 is 10.6 Å². The summed E-state index contributed by atoms with van der Waals surface area (Å²) in [6, 6.07) is 19.8.